The van der Waals surface area contributed by atoms with Crippen molar-refractivity contribution in [1.82, 2.24) is 10.2 Å². The van der Waals surface area contributed by atoms with E-state index in [9.17, 15) is 4.79 Å². The molecule has 0 aliphatic carbocycles. The molecule has 16 heavy (non-hydrogen) atoms. The molecule has 1 aliphatic heterocycles. The molecule has 1 saturated heterocycles. The smallest absolute Gasteiger partial charge is 0.230 e. The van der Waals surface area contributed by atoms with Gasteiger partial charge in [-0.15, -0.1) is 0 Å². The number of nitrogens with zero attached hydrogens (tertiary/aromatic N) is 1. The SMILES string of the molecule is CCCCN(CC)C(=O)C1(CC)CCNC1. The zero-order valence-electron chi connectivity index (χ0n) is 11.0. The molecule has 1 heterocycles. The lowest BCUT2D eigenvalue weighted by Gasteiger charge is -2.32. The first kappa shape index (κ1) is 13.5. The fourth-order valence-corrected chi connectivity index (χ4v) is 2.47. The van der Waals surface area contributed by atoms with Crippen LogP contribution in [0.2, 0.25) is 0 Å². The molecule has 0 saturated carbocycles. The van der Waals surface area contributed by atoms with E-state index in [1.807, 2.05) is 4.90 Å². The molecule has 0 spiro atoms. The Balaban J connectivity index is 2.64. The Morgan fingerprint density at radius 2 is 2.12 bits per heavy atom. The summed E-state index contributed by atoms with van der Waals surface area (Å²) >= 11 is 0. The summed E-state index contributed by atoms with van der Waals surface area (Å²) in [7, 11) is 0. The normalized spacial score (nSPS) is 24.7. The van der Waals surface area contributed by atoms with Gasteiger partial charge in [-0.05, 0) is 32.7 Å². The van der Waals surface area contributed by atoms with Gasteiger partial charge in [0.15, 0.2) is 0 Å². The van der Waals surface area contributed by atoms with E-state index in [0.717, 1.165) is 51.9 Å². The average molecular weight is 226 g/mol. The van der Waals surface area contributed by atoms with Crippen LogP contribution in [0.1, 0.15) is 46.5 Å². The summed E-state index contributed by atoms with van der Waals surface area (Å²) in [5, 5.41) is 3.33. The maximum absolute atomic E-state index is 12.5. The van der Waals surface area contributed by atoms with Crippen molar-refractivity contribution in [2.45, 2.75) is 46.5 Å². The van der Waals surface area contributed by atoms with Gasteiger partial charge in [0.05, 0.1) is 5.41 Å². The summed E-state index contributed by atoms with van der Waals surface area (Å²) in [6, 6.07) is 0. The molecule has 1 atom stereocenters. The average Bonchev–Trinajstić information content (AvgIpc) is 2.79. The monoisotopic (exact) mass is 226 g/mol. The van der Waals surface area contributed by atoms with Crippen molar-refractivity contribution in [2.24, 2.45) is 5.41 Å². The second-order valence-corrected chi connectivity index (χ2v) is 4.80. The number of amides is 1. The molecule has 1 rings (SSSR count). The molecule has 1 fully saturated rings. The molecule has 0 bridgehead atoms. The highest BCUT2D eigenvalue weighted by Crippen LogP contribution is 2.31. The van der Waals surface area contributed by atoms with E-state index in [0.29, 0.717) is 5.91 Å². The first-order chi connectivity index (χ1) is 7.70. The highest BCUT2D eigenvalue weighted by atomic mass is 16.2. The van der Waals surface area contributed by atoms with Crippen molar-refractivity contribution in [3.8, 4) is 0 Å². The van der Waals surface area contributed by atoms with E-state index in [1.165, 1.54) is 0 Å². The highest BCUT2D eigenvalue weighted by molar-refractivity contribution is 5.83. The molecule has 3 nitrogen and oxygen atoms in total. The predicted octanol–water partition coefficient (Wildman–Crippen LogP) is 2.02. The first-order valence-corrected chi connectivity index (χ1v) is 6.70. The van der Waals surface area contributed by atoms with Gasteiger partial charge in [-0.2, -0.15) is 0 Å². The Kier molecular flexibility index (Phi) is 5.26. The van der Waals surface area contributed by atoms with Crippen molar-refractivity contribution >= 4 is 5.91 Å². The third kappa shape index (κ3) is 2.76. The van der Waals surface area contributed by atoms with E-state index >= 15 is 0 Å². The van der Waals surface area contributed by atoms with Gasteiger partial charge in [0, 0.05) is 19.6 Å². The Labute approximate surface area is 99.6 Å². The molecule has 1 amide bonds. The molecule has 3 heteroatoms. The third-order valence-electron chi connectivity index (χ3n) is 3.82. The molecular weight excluding hydrogens is 200 g/mol. The van der Waals surface area contributed by atoms with Crippen LogP contribution in [0.4, 0.5) is 0 Å². The fraction of sp³-hybridized carbons (Fsp3) is 0.923. The molecule has 0 aromatic carbocycles. The van der Waals surface area contributed by atoms with Crippen molar-refractivity contribution in [3.63, 3.8) is 0 Å². The summed E-state index contributed by atoms with van der Waals surface area (Å²) in [6.07, 6.45) is 4.24. The molecule has 1 unspecified atom stereocenters. The van der Waals surface area contributed by atoms with Crippen LogP contribution >= 0.6 is 0 Å². The minimum atomic E-state index is -0.107. The zero-order chi connectivity index (χ0) is 12.0. The van der Waals surface area contributed by atoms with Crippen LogP contribution in [-0.4, -0.2) is 37.0 Å². The lowest BCUT2D eigenvalue weighted by molar-refractivity contribution is -0.141. The minimum absolute atomic E-state index is 0.107. The fourth-order valence-electron chi connectivity index (χ4n) is 2.47. The van der Waals surface area contributed by atoms with E-state index in [4.69, 9.17) is 0 Å². The number of rotatable bonds is 6. The molecule has 94 valence electrons. The Bertz CT molecular complexity index is 222. The summed E-state index contributed by atoms with van der Waals surface area (Å²) in [5.41, 5.74) is -0.107. The van der Waals surface area contributed by atoms with Crippen molar-refractivity contribution in [2.75, 3.05) is 26.2 Å². The van der Waals surface area contributed by atoms with E-state index < -0.39 is 0 Å². The van der Waals surface area contributed by atoms with Crippen LogP contribution in [0.3, 0.4) is 0 Å². The molecule has 1 aliphatic rings. The quantitative estimate of drug-likeness (QED) is 0.751. The van der Waals surface area contributed by atoms with Gasteiger partial charge < -0.3 is 10.2 Å². The number of unbranched alkanes of at least 4 members (excludes halogenated alkanes) is 1. The molecular formula is C13H26N2O. The van der Waals surface area contributed by atoms with E-state index in [1.54, 1.807) is 0 Å². The lowest BCUT2D eigenvalue weighted by Crippen LogP contribution is -2.45. The van der Waals surface area contributed by atoms with Crippen molar-refractivity contribution in [1.29, 1.82) is 0 Å². The van der Waals surface area contributed by atoms with Crippen LogP contribution in [-0.2, 0) is 4.79 Å². The zero-order valence-corrected chi connectivity index (χ0v) is 11.0. The maximum Gasteiger partial charge on any atom is 0.230 e. The summed E-state index contributed by atoms with van der Waals surface area (Å²) in [6.45, 7) is 10.0. The number of carbonyl (C=O) groups is 1. The predicted molar refractivity (Wildman–Crippen MR) is 67.4 cm³/mol. The second-order valence-electron chi connectivity index (χ2n) is 4.80. The van der Waals surface area contributed by atoms with E-state index in [-0.39, 0.29) is 5.41 Å². The number of hydrogen-bond donors (Lipinski definition) is 1. The topological polar surface area (TPSA) is 32.3 Å². The summed E-state index contributed by atoms with van der Waals surface area (Å²) in [4.78, 5) is 14.6. The van der Waals surface area contributed by atoms with Crippen LogP contribution in [0.5, 0.6) is 0 Å². The van der Waals surface area contributed by atoms with Gasteiger partial charge in [-0.25, -0.2) is 0 Å². The number of hydrogen-bond acceptors (Lipinski definition) is 2. The maximum atomic E-state index is 12.5. The van der Waals surface area contributed by atoms with Crippen LogP contribution in [0.25, 0.3) is 0 Å². The van der Waals surface area contributed by atoms with Crippen LogP contribution in [0.15, 0.2) is 0 Å². The second kappa shape index (κ2) is 6.24. The number of carbonyl (C=O) groups excluding carboxylic acids is 1. The first-order valence-electron chi connectivity index (χ1n) is 6.70. The van der Waals surface area contributed by atoms with Gasteiger partial charge >= 0.3 is 0 Å². The summed E-state index contributed by atoms with van der Waals surface area (Å²) < 4.78 is 0. The Hall–Kier alpha value is -0.570. The van der Waals surface area contributed by atoms with Gasteiger partial charge in [0.25, 0.3) is 0 Å². The summed E-state index contributed by atoms with van der Waals surface area (Å²) in [5.74, 6) is 0.371. The largest absolute Gasteiger partial charge is 0.342 e. The van der Waals surface area contributed by atoms with Crippen molar-refractivity contribution in [3.05, 3.63) is 0 Å². The molecule has 1 N–H and O–H groups in total. The van der Waals surface area contributed by atoms with Gasteiger partial charge in [0.1, 0.15) is 0 Å². The lowest BCUT2D eigenvalue weighted by atomic mass is 9.82. The Morgan fingerprint density at radius 3 is 2.56 bits per heavy atom. The molecule has 0 aromatic rings. The highest BCUT2D eigenvalue weighted by Gasteiger charge is 2.41. The van der Waals surface area contributed by atoms with Gasteiger partial charge in [0.2, 0.25) is 5.91 Å². The number of nitrogens with one attached hydrogen (secondary N) is 1. The van der Waals surface area contributed by atoms with Gasteiger partial charge in [-0.3, -0.25) is 4.79 Å². The van der Waals surface area contributed by atoms with Crippen LogP contribution < -0.4 is 5.32 Å². The third-order valence-corrected chi connectivity index (χ3v) is 3.82. The van der Waals surface area contributed by atoms with Gasteiger partial charge in [-0.1, -0.05) is 20.3 Å². The minimum Gasteiger partial charge on any atom is -0.342 e. The molecule has 0 radical (unpaired) electrons. The van der Waals surface area contributed by atoms with Crippen LogP contribution in [0, 0.1) is 5.41 Å². The van der Waals surface area contributed by atoms with Crippen molar-refractivity contribution < 1.29 is 4.79 Å². The Morgan fingerprint density at radius 1 is 1.38 bits per heavy atom. The standard InChI is InChI=1S/C13H26N2O/c1-4-7-10-15(6-3)12(16)13(5-2)8-9-14-11-13/h14H,4-11H2,1-3H3. The van der Waals surface area contributed by atoms with E-state index in [2.05, 4.69) is 26.1 Å². The molecule has 0 aromatic heterocycles.